The van der Waals surface area contributed by atoms with Crippen molar-refractivity contribution < 1.29 is 9.47 Å². The highest BCUT2D eigenvalue weighted by Crippen LogP contribution is 2.33. The molecule has 0 saturated carbocycles. The van der Waals surface area contributed by atoms with E-state index in [1.807, 2.05) is 25.1 Å². The van der Waals surface area contributed by atoms with Crippen molar-refractivity contribution in [3.8, 4) is 11.5 Å². The molecule has 1 aliphatic rings. The molecule has 1 aliphatic heterocycles. The minimum absolute atomic E-state index is 0. The Balaban J connectivity index is 0.00000180. The van der Waals surface area contributed by atoms with Crippen molar-refractivity contribution in [2.45, 2.75) is 33.2 Å². The highest BCUT2D eigenvalue weighted by molar-refractivity contribution is 5.85. The summed E-state index contributed by atoms with van der Waals surface area (Å²) in [6, 6.07) is 6.54. The molecule has 0 saturated heterocycles. The first-order valence-corrected chi connectivity index (χ1v) is 6.91. The number of nitrogens with zero attached hydrogens (tertiary/aromatic N) is 1. The van der Waals surface area contributed by atoms with E-state index in [4.69, 9.17) is 9.47 Å². The van der Waals surface area contributed by atoms with Crippen LogP contribution < -0.4 is 9.47 Å². The summed E-state index contributed by atoms with van der Waals surface area (Å²) in [5.41, 5.74) is 1.22. The van der Waals surface area contributed by atoms with Gasteiger partial charge in [0.05, 0.1) is 6.61 Å². The van der Waals surface area contributed by atoms with Crippen LogP contribution in [0.1, 0.15) is 26.3 Å². The van der Waals surface area contributed by atoms with Crippen LogP contribution in [0.5, 0.6) is 11.5 Å². The van der Waals surface area contributed by atoms with Crippen LogP contribution >= 0.6 is 12.4 Å². The summed E-state index contributed by atoms with van der Waals surface area (Å²) >= 11 is 0. The largest absolute Gasteiger partial charge is 0.493 e. The predicted molar refractivity (Wildman–Crippen MR) is 80.8 cm³/mol. The van der Waals surface area contributed by atoms with E-state index in [1.165, 1.54) is 5.56 Å². The van der Waals surface area contributed by atoms with E-state index in [0.29, 0.717) is 12.6 Å². The molecule has 0 N–H and O–H groups in total. The van der Waals surface area contributed by atoms with Crippen molar-refractivity contribution in [1.29, 1.82) is 0 Å². The zero-order valence-corrected chi connectivity index (χ0v) is 12.8. The Morgan fingerprint density at radius 1 is 1.26 bits per heavy atom. The van der Waals surface area contributed by atoms with E-state index in [-0.39, 0.29) is 12.4 Å². The molecule has 4 heteroatoms. The zero-order valence-electron chi connectivity index (χ0n) is 12.0. The van der Waals surface area contributed by atoms with Gasteiger partial charge in [0.1, 0.15) is 18.1 Å². The topological polar surface area (TPSA) is 21.7 Å². The minimum atomic E-state index is 0. The summed E-state index contributed by atoms with van der Waals surface area (Å²) in [5, 5.41) is 0. The van der Waals surface area contributed by atoms with Crippen molar-refractivity contribution in [2.24, 2.45) is 0 Å². The molecule has 1 aromatic rings. The summed E-state index contributed by atoms with van der Waals surface area (Å²) in [7, 11) is 0. The van der Waals surface area contributed by atoms with Gasteiger partial charge in [-0.15, -0.1) is 12.4 Å². The molecule has 1 atom stereocenters. The molecule has 1 unspecified atom stereocenters. The number of halogens is 1. The van der Waals surface area contributed by atoms with Crippen LogP contribution in [0.3, 0.4) is 0 Å². The Labute approximate surface area is 122 Å². The van der Waals surface area contributed by atoms with Gasteiger partial charge in [-0.2, -0.15) is 0 Å². The molecule has 0 aromatic heterocycles. The third kappa shape index (κ3) is 3.54. The average Bonchev–Trinajstić information content (AvgIpc) is 2.41. The Bertz CT molecular complexity index is 394. The van der Waals surface area contributed by atoms with Crippen LogP contribution in [0.4, 0.5) is 0 Å². The number of hydrogen-bond acceptors (Lipinski definition) is 3. The highest BCUT2D eigenvalue weighted by Gasteiger charge is 2.26. The molecule has 3 nitrogen and oxygen atoms in total. The normalized spacial score (nSPS) is 17.4. The SMILES string of the molecule is CCOc1cccc2c1CC(N(CC)CC)CO2.Cl. The lowest BCUT2D eigenvalue weighted by atomic mass is 10.0. The van der Waals surface area contributed by atoms with Crippen molar-refractivity contribution >= 4 is 12.4 Å². The average molecular weight is 286 g/mol. The lowest BCUT2D eigenvalue weighted by molar-refractivity contribution is 0.127. The smallest absolute Gasteiger partial charge is 0.126 e. The summed E-state index contributed by atoms with van der Waals surface area (Å²) in [6.45, 7) is 10.0. The van der Waals surface area contributed by atoms with Crippen LogP contribution in [0.25, 0.3) is 0 Å². The van der Waals surface area contributed by atoms with Crippen LogP contribution in [0.15, 0.2) is 18.2 Å². The van der Waals surface area contributed by atoms with Crippen molar-refractivity contribution in [2.75, 3.05) is 26.3 Å². The molecule has 0 fully saturated rings. The van der Waals surface area contributed by atoms with Gasteiger partial charge in [0.25, 0.3) is 0 Å². The molecular weight excluding hydrogens is 262 g/mol. The molecule has 108 valence electrons. The second-order valence-corrected chi connectivity index (χ2v) is 4.56. The van der Waals surface area contributed by atoms with Gasteiger partial charge >= 0.3 is 0 Å². The fourth-order valence-corrected chi connectivity index (χ4v) is 2.63. The molecule has 19 heavy (non-hydrogen) atoms. The lowest BCUT2D eigenvalue weighted by Gasteiger charge is -2.34. The molecule has 1 heterocycles. The van der Waals surface area contributed by atoms with Crippen LogP contribution in [0.2, 0.25) is 0 Å². The molecule has 1 aromatic carbocycles. The Kier molecular flexibility index (Phi) is 6.46. The van der Waals surface area contributed by atoms with Gasteiger partial charge in [-0.1, -0.05) is 19.9 Å². The van der Waals surface area contributed by atoms with Gasteiger partial charge in [-0.05, 0) is 38.6 Å². The molecule has 0 aliphatic carbocycles. The van der Waals surface area contributed by atoms with Crippen LogP contribution in [-0.4, -0.2) is 37.2 Å². The number of benzene rings is 1. The van der Waals surface area contributed by atoms with Gasteiger partial charge < -0.3 is 9.47 Å². The number of likely N-dealkylation sites (N-methyl/N-ethyl adjacent to an activating group) is 1. The van der Waals surface area contributed by atoms with E-state index in [2.05, 4.69) is 18.7 Å². The number of ether oxygens (including phenoxy) is 2. The van der Waals surface area contributed by atoms with Gasteiger partial charge in [-0.25, -0.2) is 0 Å². The lowest BCUT2D eigenvalue weighted by Crippen LogP contribution is -2.43. The van der Waals surface area contributed by atoms with E-state index in [1.54, 1.807) is 0 Å². The number of hydrogen-bond donors (Lipinski definition) is 0. The Morgan fingerprint density at radius 2 is 2.00 bits per heavy atom. The third-order valence-electron chi connectivity index (χ3n) is 3.59. The first-order chi connectivity index (χ1) is 8.80. The Morgan fingerprint density at radius 3 is 2.63 bits per heavy atom. The third-order valence-corrected chi connectivity index (χ3v) is 3.59. The maximum atomic E-state index is 5.89. The van der Waals surface area contributed by atoms with Gasteiger partial charge in [0.15, 0.2) is 0 Å². The highest BCUT2D eigenvalue weighted by atomic mass is 35.5. The van der Waals surface area contributed by atoms with E-state index < -0.39 is 0 Å². The summed E-state index contributed by atoms with van der Waals surface area (Å²) < 4.78 is 11.6. The first kappa shape index (κ1) is 16.1. The van der Waals surface area contributed by atoms with Crippen molar-refractivity contribution in [3.05, 3.63) is 23.8 Å². The van der Waals surface area contributed by atoms with E-state index >= 15 is 0 Å². The standard InChI is InChI=1S/C15H23NO2.ClH/c1-4-16(5-2)12-10-13-14(17-6-3)8-7-9-15(13)18-11-12;/h7-9,12H,4-6,10-11H2,1-3H3;1H. The maximum Gasteiger partial charge on any atom is 0.126 e. The monoisotopic (exact) mass is 285 g/mol. The summed E-state index contributed by atoms with van der Waals surface area (Å²) in [5.74, 6) is 1.97. The first-order valence-electron chi connectivity index (χ1n) is 6.91. The molecule has 0 amide bonds. The molecule has 0 radical (unpaired) electrons. The Hall–Kier alpha value is -0.930. The molecule has 0 spiro atoms. The van der Waals surface area contributed by atoms with E-state index in [9.17, 15) is 0 Å². The summed E-state index contributed by atoms with van der Waals surface area (Å²) in [6.07, 6.45) is 1.02. The van der Waals surface area contributed by atoms with E-state index in [0.717, 1.165) is 37.6 Å². The minimum Gasteiger partial charge on any atom is -0.493 e. The zero-order chi connectivity index (χ0) is 13.0. The second kappa shape index (κ2) is 7.61. The fraction of sp³-hybridized carbons (Fsp3) is 0.600. The number of rotatable bonds is 5. The summed E-state index contributed by atoms with van der Waals surface area (Å²) in [4.78, 5) is 2.45. The van der Waals surface area contributed by atoms with Gasteiger partial charge in [0, 0.05) is 11.6 Å². The van der Waals surface area contributed by atoms with Gasteiger partial charge in [-0.3, -0.25) is 4.90 Å². The molecule has 0 bridgehead atoms. The quantitative estimate of drug-likeness (QED) is 0.829. The second-order valence-electron chi connectivity index (χ2n) is 4.56. The van der Waals surface area contributed by atoms with Crippen LogP contribution in [0, 0.1) is 0 Å². The van der Waals surface area contributed by atoms with Gasteiger partial charge in [0.2, 0.25) is 0 Å². The predicted octanol–water partition coefficient (Wildman–Crippen LogP) is 3.15. The fourth-order valence-electron chi connectivity index (χ4n) is 2.63. The number of fused-ring (bicyclic) bond motifs is 1. The molecule has 2 rings (SSSR count). The van der Waals surface area contributed by atoms with Crippen molar-refractivity contribution in [1.82, 2.24) is 4.90 Å². The maximum absolute atomic E-state index is 5.89. The van der Waals surface area contributed by atoms with Crippen molar-refractivity contribution in [3.63, 3.8) is 0 Å². The molecular formula is C15H24ClNO2. The van der Waals surface area contributed by atoms with Crippen LogP contribution in [-0.2, 0) is 6.42 Å².